The van der Waals surface area contributed by atoms with Crippen LogP contribution in [0.2, 0.25) is 0 Å². The molecule has 0 aliphatic heterocycles. The van der Waals surface area contributed by atoms with E-state index in [-0.39, 0.29) is 12.1 Å². The van der Waals surface area contributed by atoms with Crippen LogP contribution in [-0.4, -0.2) is 0 Å². The van der Waals surface area contributed by atoms with Crippen molar-refractivity contribution in [3.05, 3.63) is 65.7 Å². The SMILES string of the molecule is FC(F)(F)c1ccccc1CNc1ccccc1. The van der Waals surface area contributed by atoms with Crippen LogP contribution in [0, 0.1) is 0 Å². The Kier molecular flexibility index (Phi) is 3.55. The number of benzene rings is 2. The average Bonchev–Trinajstić information content (AvgIpc) is 2.37. The summed E-state index contributed by atoms with van der Waals surface area (Å²) < 4.78 is 38.2. The van der Waals surface area contributed by atoms with Crippen LogP contribution in [0.25, 0.3) is 0 Å². The second kappa shape index (κ2) is 5.12. The fourth-order valence-corrected chi connectivity index (χ4v) is 1.70. The first-order valence-electron chi connectivity index (χ1n) is 5.51. The van der Waals surface area contributed by atoms with Gasteiger partial charge in [-0.3, -0.25) is 0 Å². The number of nitrogens with one attached hydrogen (secondary N) is 1. The lowest BCUT2D eigenvalue weighted by molar-refractivity contribution is -0.138. The zero-order valence-electron chi connectivity index (χ0n) is 9.54. The summed E-state index contributed by atoms with van der Waals surface area (Å²) in [6.45, 7) is 0.152. The van der Waals surface area contributed by atoms with Gasteiger partial charge in [0.15, 0.2) is 0 Å². The molecule has 0 heterocycles. The van der Waals surface area contributed by atoms with E-state index < -0.39 is 11.7 Å². The van der Waals surface area contributed by atoms with E-state index in [0.717, 1.165) is 11.8 Å². The smallest absolute Gasteiger partial charge is 0.381 e. The highest BCUT2D eigenvalue weighted by molar-refractivity contribution is 5.44. The predicted octanol–water partition coefficient (Wildman–Crippen LogP) is 4.32. The molecule has 0 aromatic heterocycles. The van der Waals surface area contributed by atoms with Crippen LogP contribution in [-0.2, 0) is 12.7 Å². The molecule has 2 rings (SSSR count). The van der Waals surface area contributed by atoms with Crippen molar-refractivity contribution in [1.82, 2.24) is 0 Å². The van der Waals surface area contributed by atoms with Gasteiger partial charge in [-0.05, 0) is 23.8 Å². The number of halogens is 3. The van der Waals surface area contributed by atoms with Gasteiger partial charge in [-0.2, -0.15) is 13.2 Å². The van der Waals surface area contributed by atoms with Crippen molar-refractivity contribution in [2.75, 3.05) is 5.32 Å². The Morgan fingerprint density at radius 2 is 1.44 bits per heavy atom. The van der Waals surface area contributed by atoms with E-state index in [1.54, 1.807) is 6.07 Å². The Morgan fingerprint density at radius 3 is 2.11 bits per heavy atom. The summed E-state index contributed by atoms with van der Waals surface area (Å²) in [4.78, 5) is 0. The van der Waals surface area contributed by atoms with Crippen molar-refractivity contribution < 1.29 is 13.2 Å². The topological polar surface area (TPSA) is 12.0 Å². The Labute approximate surface area is 103 Å². The van der Waals surface area contributed by atoms with E-state index in [2.05, 4.69) is 5.32 Å². The van der Waals surface area contributed by atoms with Crippen LogP contribution in [0.3, 0.4) is 0 Å². The number of hydrogen-bond donors (Lipinski definition) is 1. The van der Waals surface area contributed by atoms with Crippen molar-refractivity contribution in [3.63, 3.8) is 0 Å². The van der Waals surface area contributed by atoms with Gasteiger partial charge < -0.3 is 5.32 Å². The summed E-state index contributed by atoms with van der Waals surface area (Å²) in [7, 11) is 0. The highest BCUT2D eigenvalue weighted by Crippen LogP contribution is 2.32. The molecule has 0 amide bonds. The van der Waals surface area contributed by atoms with E-state index in [1.165, 1.54) is 12.1 Å². The predicted molar refractivity (Wildman–Crippen MR) is 65.2 cm³/mol. The van der Waals surface area contributed by atoms with Crippen molar-refractivity contribution >= 4 is 5.69 Å². The molecule has 0 aliphatic carbocycles. The lowest BCUT2D eigenvalue weighted by Crippen LogP contribution is -2.11. The molecule has 94 valence electrons. The molecule has 2 aromatic rings. The van der Waals surface area contributed by atoms with Gasteiger partial charge in [0.25, 0.3) is 0 Å². The first-order valence-corrected chi connectivity index (χ1v) is 5.51. The molecule has 1 nitrogen and oxygen atoms in total. The first-order chi connectivity index (χ1) is 8.57. The van der Waals surface area contributed by atoms with E-state index >= 15 is 0 Å². The lowest BCUT2D eigenvalue weighted by Gasteiger charge is -2.13. The molecule has 18 heavy (non-hydrogen) atoms. The average molecular weight is 251 g/mol. The van der Waals surface area contributed by atoms with Gasteiger partial charge in [-0.25, -0.2) is 0 Å². The standard InChI is InChI=1S/C14H12F3N/c15-14(16,17)13-9-5-4-6-11(13)10-18-12-7-2-1-3-8-12/h1-9,18H,10H2. The molecule has 0 unspecified atom stereocenters. The molecule has 0 atom stereocenters. The molecule has 0 saturated carbocycles. The molecule has 4 heteroatoms. The number of hydrogen-bond acceptors (Lipinski definition) is 1. The second-order valence-corrected chi connectivity index (χ2v) is 3.87. The Hall–Kier alpha value is -1.97. The van der Waals surface area contributed by atoms with E-state index in [4.69, 9.17) is 0 Å². The van der Waals surface area contributed by atoms with Crippen LogP contribution in [0.5, 0.6) is 0 Å². The second-order valence-electron chi connectivity index (χ2n) is 3.87. The van der Waals surface area contributed by atoms with Crippen molar-refractivity contribution in [2.45, 2.75) is 12.7 Å². The van der Waals surface area contributed by atoms with Gasteiger partial charge in [0.1, 0.15) is 0 Å². The third kappa shape index (κ3) is 3.03. The lowest BCUT2D eigenvalue weighted by atomic mass is 10.1. The number of alkyl halides is 3. The molecule has 1 N–H and O–H groups in total. The zero-order valence-corrected chi connectivity index (χ0v) is 9.54. The number of anilines is 1. The molecule has 0 bridgehead atoms. The Bertz CT molecular complexity index is 506. The minimum absolute atomic E-state index is 0.152. The highest BCUT2D eigenvalue weighted by Gasteiger charge is 2.32. The fraction of sp³-hybridized carbons (Fsp3) is 0.143. The molecule has 0 radical (unpaired) electrons. The number of para-hydroxylation sites is 1. The van der Waals surface area contributed by atoms with Gasteiger partial charge in [-0.15, -0.1) is 0 Å². The third-order valence-corrected chi connectivity index (χ3v) is 2.58. The van der Waals surface area contributed by atoms with Gasteiger partial charge in [0, 0.05) is 12.2 Å². The maximum atomic E-state index is 12.7. The van der Waals surface area contributed by atoms with Crippen LogP contribution in [0.4, 0.5) is 18.9 Å². The minimum Gasteiger partial charge on any atom is -0.381 e. The quantitative estimate of drug-likeness (QED) is 0.856. The fourth-order valence-electron chi connectivity index (χ4n) is 1.70. The van der Waals surface area contributed by atoms with Crippen LogP contribution in [0.15, 0.2) is 54.6 Å². The third-order valence-electron chi connectivity index (χ3n) is 2.58. The van der Waals surface area contributed by atoms with E-state index in [0.29, 0.717) is 0 Å². The van der Waals surface area contributed by atoms with Crippen molar-refractivity contribution in [3.8, 4) is 0 Å². The molecule has 0 spiro atoms. The summed E-state index contributed by atoms with van der Waals surface area (Å²) >= 11 is 0. The minimum atomic E-state index is -4.31. The van der Waals surface area contributed by atoms with Crippen molar-refractivity contribution in [1.29, 1.82) is 0 Å². The molecule has 2 aromatic carbocycles. The van der Waals surface area contributed by atoms with Crippen molar-refractivity contribution in [2.24, 2.45) is 0 Å². The Morgan fingerprint density at radius 1 is 0.833 bits per heavy atom. The normalized spacial score (nSPS) is 11.3. The van der Waals surface area contributed by atoms with E-state index in [1.807, 2.05) is 30.3 Å². The summed E-state index contributed by atoms with van der Waals surface area (Å²) in [5.41, 5.74) is 0.455. The summed E-state index contributed by atoms with van der Waals surface area (Å²) in [6, 6.07) is 14.7. The van der Waals surface area contributed by atoms with E-state index in [9.17, 15) is 13.2 Å². The highest BCUT2D eigenvalue weighted by atomic mass is 19.4. The van der Waals surface area contributed by atoms with Crippen LogP contribution >= 0.6 is 0 Å². The molecular weight excluding hydrogens is 239 g/mol. The molecular formula is C14H12F3N. The maximum absolute atomic E-state index is 12.7. The van der Waals surface area contributed by atoms with Crippen LogP contribution < -0.4 is 5.32 Å². The summed E-state index contributed by atoms with van der Waals surface area (Å²) in [5, 5.41) is 2.97. The van der Waals surface area contributed by atoms with Gasteiger partial charge in [0.2, 0.25) is 0 Å². The van der Waals surface area contributed by atoms with Gasteiger partial charge in [0.05, 0.1) is 5.56 Å². The summed E-state index contributed by atoms with van der Waals surface area (Å²) in [6.07, 6.45) is -4.31. The maximum Gasteiger partial charge on any atom is 0.416 e. The van der Waals surface area contributed by atoms with Crippen LogP contribution in [0.1, 0.15) is 11.1 Å². The Balaban J connectivity index is 2.15. The number of rotatable bonds is 3. The summed E-state index contributed by atoms with van der Waals surface area (Å²) in [5.74, 6) is 0. The molecule has 0 saturated heterocycles. The van der Waals surface area contributed by atoms with Gasteiger partial charge in [-0.1, -0.05) is 36.4 Å². The zero-order chi connectivity index (χ0) is 13.0. The van der Waals surface area contributed by atoms with Gasteiger partial charge >= 0.3 is 6.18 Å². The first kappa shape index (κ1) is 12.5. The molecule has 0 fully saturated rings. The monoisotopic (exact) mass is 251 g/mol. The molecule has 0 aliphatic rings. The largest absolute Gasteiger partial charge is 0.416 e.